The summed E-state index contributed by atoms with van der Waals surface area (Å²) in [6.07, 6.45) is 0. The van der Waals surface area contributed by atoms with Gasteiger partial charge in [0.1, 0.15) is 17.6 Å². The molecular formula is C25H33FN2O3. The summed E-state index contributed by atoms with van der Waals surface area (Å²) in [5, 5.41) is 2.89. The highest BCUT2D eigenvalue weighted by Gasteiger charge is 2.29. The van der Waals surface area contributed by atoms with E-state index in [-0.39, 0.29) is 25.0 Å². The minimum absolute atomic E-state index is 0.0283. The standard InChI is InChI=1S/C25H33FN2O3/c1-17(2)20-12-8-10-14-22(20)31-16-23(29)28(15-19-11-7-9-13-21(19)26)18(3)24(30)27-25(4,5)6/h7-14,17-18H,15-16H2,1-6H3,(H,27,30)/t18-/m0/s1. The zero-order chi connectivity index (χ0) is 23.2. The van der Waals surface area contributed by atoms with E-state index < -0.39 is 23.3 Å². The minimum atomic E-state index is -0.796. The van der Waals surface area contributed by atoms with Crippen molar-refractivity contribution in [2.45, 2.75) is 65.6 Å². The van der Waals surface area contributed by atoms with Gasteiger partial charge in [0.2, 0.25) is 5.91 Å². The summed E-state index contributed by atoms with van der Waals surface area (Å²) < 4.78 is 20.1. The van der Waals surface area contributed by atoms with E-state index in [1.807, 2.05) is 58.9 Å². The molecule has 0 spiro atoms. The van der Waals surface area contributed by atoms with Gasteiger partial charge in [-0.2, -0.15) is 0 Å². The molecule has 0 fully saturated rings. The second kappa shape index (κ2) is 10.4. The third kappa shape index (κ3) is 7.09. The van der Waals surface area contributed by atoms with Crippen LogP contribution in [0.2, 0.25) is 0 Å². The number of hydrogen-bond donors (Lipinski definition) is 1. The summed E-state index contributed by atoms with van der Waals surface area (Å²) in [6.45, 7) is 11.1. The number of hydrogen-bond acceptors (Lipinski definition) is 3. The fourth-order valence-electron chi connectivity index (χ4n) is 3.18. The van der Waals surface area contributed by atoms with Crippen LogP contribution < -0.4 is 10.1 Å². The highest BCUT2D eigenvalue weighted by atomic mass is 19.1. The lowest BCUT2D eigenvalue weighted by molar-refractivity contribution is -0.142. The third-order valence-corrected chi connectivity index (χ3v) is 4.86. The largest absolute Gasteiger partial charge is 0.483 e. The van der Waals surface area contributed by atoms with Crippen LogP contribution >= 0.6 is 0 Å². The maximum atomic E-state index is 14.3. The molecule has 0 bridgehead atoms. The van der Waals surface area contributed by atoms with Gasteiger partial charge >= 0.3 is 0 Å². The normalized spacial score (nSPS) is 12.4. The molecule has 5 nitrogen and oxygen atoms in total. The van der Waals surface area contributed by atoms with Crippen molar-refractivity contribution in [3.8, 4) is 5.75 Å². The Bertz CT molecular complexity index is 906. The molecule has 2 aromatic carbocycles. The molecule has 1 atom stereocenters. The Morgan fingerprint density at radius 3 is 2.26 bits per heavy atom. The summed E-state index contributed by atoms with van der Waals surface area (Å²) in [7, 11) is 0. The van der Waals surface area contributed by atoms with Crippen LogP contribution in [-0.4, -0.2) is 34.9 Å². The van der Waals surface area contributed by atoms with Gasteiger partial charge in [0, 0.05) is 17.6 Å². The Morgan fingerprint density at radius 2 is 1.65 bits per heavy atom. The number of benzene rings is 2. The molecule has 168 valence electrons. The zero-order valence-corrected chi connectivity index (χ0v) is 19.2. The molecule has 0 aliphatic heterocycles. The Morgan fingerprint density at radius 1 is 1.03 bits per heavy atom. The fraction of sp³-hybridized carbons (Fsp3) is 0.440. The van der Waals surface area contributed by atoms with Crippen molar-refractivity contribution >= 4 is 11.8 Å². The van der Waals surface area contributed by atoms with Crippen LogP contribution in [0.15, 0.2) is 48.5 Å². The van der Waals surface area contributed by atoms with Crippen molar-refractivity contribution in [2.75, 3.05) is 6.61 Å². The molecule has 0 aliphatic rings. The average Bonchev–Trinajstić information content (AvgIpc) is 2.69. The maximum absolute atomic E-state index is 14.3. The molecule has 2 aromatic rings. The number of rotatable bonds is 8. The summed E-state index contributed by atoms with van der Waals surface area (Å²) in [4.78, 5) is 27.2. The zero-order valence-electron chi connectivity index (χ0n) is 19.2. The lowest BCUT2D eigenvalue weighted by atomic mass is 10.0. The van der Waals surface area contributed by atoms with Gasteiger partial charge in [-0.25, -0.2) is 4.39 Å². The monoisotopic (exact) mass is 428 g/mol. The summed E-state index contributed by atoms with van der Waals surface area (Å²) in [6, 6.07) is 13.0. The van der Waals surface area contributed by atoms with Crippen molar-refractivity contribution in [2.24, 2.45) is 0 Å². The molecule has 0 radical (unpaired) electrons. The lowest BCUT2D eigenvalue weighted by Crippen LogP contribution is -2.53. The predicted octanol–water partition coefficient (Wildman–Crippen LogP) is 4.66. The number of para-hydroxylation sites is 1. The number of nitrogens with zero attached hydrogens (tertiary/aromatic N) is 1. The third-order valence-electron chi connectivity index (χ3n) is 4.86. The first kappa shape index (κ1) is 24.4. The molecule has 2 rings (SSSR count). The highest BCUT2D eigenvalue weighted by Crippen LogP contribution is 2.26. The van der Waals surface area contributed by atoms with Crippen LogP contribution in [0.25, 0.3) is 0 Å². The van der Waals surface area contributed by atoms with E-state index in [1.54, 1.807) is 25.1 Å². The summed E-state index contributed by atoms with van der Waals surface area (Å²) >= 11 is 0. The van der Waals surface area contributed by atoms with E-state index in [2.05, 4.69) is 5.32 Å². The van der Waals surface area contributed by atoms with Crippen molar-refractivity contribution in [3.05, 3.63) is 65.5 Å². The number of carbonyl (C=O) groups is 2. The average molecular weight is 429 g/mol. The molecule has 0 saturated heterocycles. The molecule has 0 aliphatic carbocycles. The second-order valence-electron chi connectivity index (χ2n) is 9.01. The molecule has 0 unspecified atom stereocenters. The molecule has 0 aromatic heterocycles. The topological polar surface area (TPSA) is 58.6 Å². The van der Waals surface area contributed by atoms with Gasteiger partial charge < -0.3 is 15.0 Å². The molecule has 2 amide bonds. The number of halogens is 1. The first-order chi connectivity index (χ1) is 14.5. The van der Waals surface area contributed by atoms with E-state index >= 15 is 0 Å². The number of amides is 2. The van der Waals surface area contributed by atoms with Gasteiger partial charge in [0.15, 0.2) is 6.61 Å². The van der Waals surface area contributed by atoms with Crippen LogP contribution in [-0.2, 0) is 16.1 Å². The van der Waals surface area contributed by atoms with Crippen molar-refractivity contribution in [3.63, 3.8) is 0 Å². The summed E-state index contributed by atoms with van der Waals surface area (Å²) in [5.74, 6) is -0.256. The Hall–Kier alpha value is -2.89. The molecule has 0 saturated carbocycles. The number of nitrogens with one attached hydrogen (secondary N) is 1. The predicted molar refractivity (Wildman–Crippen MR) is 120 cm³/mol. The van der Waals surface area contributed by atoms with Gasteiger partial charge in [-0.15, -0.1) is 0 Å². The van der Waals surface area contributed by atoms with E-state index in [1.165, 1.54) is 11.0 Å². The van der Waals surface area contributed by atoms with Crippen LogP contribution in [0.3, 0.4) is 0 Å². The van der Waals surface area contributed by atoms with E-state index in [4.69, 9.17) is 4.74 Å². The highest BCUT2D eigenvalue weighted by molar-refractivity contribution is 5.88. The second-order valence-corrected chi connectivity index (χ2v) is 9.01. The maximum Gasteiger partial charge on any atom is 0.261 e. The number of carbonyl (C=O) groups excluding carboxylic acids is 2. The summed E-state index contributed by atoms with van der Waals surface area (Å²) in [5.41, 5.74) is 0.883. The molecule has 1 N–H and O–H groups in total. The van der Waals surface area contributed by atoms with E-state index in [0.29, 0.717) is 11.3 Å². The van der Waals surface area contributed by atoms with Crippen LogP contribution in [0.4, 0.5) is 4.39 Å². The minimum Gasteiger partial charge on any atom is -0.483 e. The Labute approximate surface area is 184 Å². The van der Waals surface area contributed by atoms with Crippen molar-refractivity contribution in [1.29, 1.82) is 0 Å². The molecule has 6 heteroatoms. The SMILES string of the molecule is CC(C)c1ccccc1OCC(=O)N(Cc1ccccc1F)[C@@H](C)C(=O)NC(C)(C)C. The Kier molecular flexibility index (Phi) is 8.20. The van der Waals surface area contributed by atoms with Crippen LogP contribution in [0.5, 0.6) is 5.75 Å². The van der Waals surface area contributed by atoms with Crippen molar-refractivity contribution in [1.82, 2.24) is 10.2 Å². The van der Waals surface area contributed by atoms with E-state index in [0.717, 1.165) is 5.56 Å². The smallest absolute Gasteiger partial charge is 0.261 e. The number of ether oxygens (including phenoxy) is 1. The van der Waals surface area contributed by atoms with Gasteiger partial charge in [-0.05, 0) is 51.3 Å². The molecule has 0 heterocycles. The van der Waals surface area contributed by atoms with E-state index in [9.17, 15) is 14.0 Å². The van der Waals surface area contributed by atoms with Gasteiger partial charge in [0.25, 0.3) is 5.91 Å². The van der Waals surface area contributed by atoms with Gasteiger partial charge in [0.05, 0.1) is 0 Å². The molecule has 31 heavy (non-hydrogen) atoms. The van der Waals surface area contributed by atoms with Gasteiger partial charge in [-0.1, -0.05) is 50.2 Å². The van der Waals surface area contributed by atoms with Gasteiger partial charge in [-0.3, -0.25) is 9.59 Å². The first-order valence-corrected chi connectivity index (χ1v) is 10.6. The van der Waals surface area contributed by atoms with Crippen molar-refractivity contribution < 1.29 is 18.7 Å². The lowest BCUT2D eigenvalue weighted by Gasteiger charge is -2.31. The first-order valence-electron chi connectivity index (χ1n) is 10.6. The quantitative estimate of drug-likeness (QED) is 0.665. The van der Waals surface area contributed by atoms with Crippen LogP contribution in [0.1, 0.15) is 58.6 Å². The Balaban J connectivity index is 2.23. The molecular weight excluding hydrogens is 395 g/mol. The fourth-order valence-corrected chi connectivity index (χ4v) is 3.18. The van der Waals surface area contributed by atoms with Crippen LogP contribution in [0, 0.1) is 5.82 Å².